The van der Waals surface area contributed by atoms with Gasteiger partial charge in [0, 0.05) is 26.1 Å². The van der Waals surface area contributed by atoms with Crippen LogP contribution in [0.4, 0.5) is 10.1 Å². The number of nitrogens with two attached hydrogens (primary N) is 2. The number of primary amides is 1. The number of hydrogen-bond donors (Lipinski definition) is 3. The Hall–Kier alpha value is -2.35. The van der Waals surface area contributed by atoms with Crippen LogP contribution in [0.5, 0.6) is 0 Å². The number of rotatable bonds is 11. The minimum Gasteiger partial charge on any atom is -0.601 e. The van der Waals surface area contributed by atoms with Crippen molar-refractivity contribution in [1.82, 2.24) is 0 Å². The number of ether oxygens (including phenoxy) is 1. The van der Waals surface area contributed by atoms with E-state index in [9.17, 15) is 14.3 Å². The van der Waals surface area contributed by atoms with Gasteiger partial charge in [0.05, 0.1) is 5.69 Å². The summed E-state index contributed by atoms with van der Waals surface area (Å²) in [5.74, 6) is -0.702. The summed E-state index contributed by atoms with van der Waals surface area (Å²) in [6, 6.07) is 4.90. The lowest BCUT2D eigenvalue weighted by atomic mass is 10.1. The van der Waals surface area contributed by atoms with E-state index in [1.165, 1.54) is 0 Å². The summed E-state index contributed by atoms with van der Waals surface area (Å²) < 4.78 is 19.2. The van der Waals surface area contributed by atoms with Crippen LogP contribution in [0.25, 0.3) is 0 Å². The van der Waals surface area contributed by atoms with Gasteiger partial charge in [0.1, 0.15) is 11.9 Å². The first kappa shape index (κ1) is 20.7. The van der Waals surface area contributed by atoms with Crippen molar-refractivity contribution in [2.24, 2.45) is 11.5 Å². The molecule has 0 fully saturated rings. The molecule has 0 aliphatic rings. The minimum atomic E-state index is -1.05. The van der Waals surface area contributed by atoms with Gasteiger partial charge in [-0.05, 0) is 43.9 Å². The Labute approximate surface area is 147 Å². The molecule has 140 valence electrons. The molecule has 5 N–H and O–H groups in total. The van der Waals surface area contributed by atoms with Crippen molar-refractivity contribution in [1.29, 1.82) is 5.41 Å². The van der Waals surface area contributed by atoms with Crippen LogP contribution in [-0.2, 0) is 16.0 Å². The summed E-state index contributed by atoms with van der Waals surface area (Å²) >= 11 is 0. The van der Waals surface area contributed by atoms with Gasteiger partial charge < -0.3 is 26.2 Å². The monoisotopic (exact) mass is 353 g/mol. The maximum atomic E-state index is 14.7. The average molecular weight is 353 g/mol. The first-order chi connectivity index (χ1) is 11.8. The lowest BCUT2D eigenvalue weighted by Crippen LogP contribution is -2.36. The largest absolute Gasteiger partial charge is 0.601 e. The second kappa shape index (κ2) is 10.5. The Morgan fingerprint density at radius 1 is 1.44 bits per heavy atom. The molecule has 25 heavy (non-hydrogen) atoms. The molecule has 0 heterocycles. The van der Waals surface area contributed by atoms with Crippen LogP contribution < -0.4 is 21.5 Å². The van der Waals surface area contributed by atoms with E-state index in [1.807, 2.05) is 0 Å². The molecular weight excluding hydrogens is 327 g/mol. The second-order valence-electron chi connectivity index (χ2n) is 5.99. The highest BCUT2D eigenvalue weighted by Gasteiger charge is 2.14. The number of benzene rings is 1. The number of carbonyl (C=O) groups excluding carboxylic acids is 1. The van der Waals surface area contributed by atoms with Crippen molar-refractivity contribution in [2.45, 2.75) is 38.1 Å². The van der Waals surface area contributed by atoms with Gasteiger partial charge in [0.2, 0.25) is 5.91 Å². The number of nitrogens with zero attached hydrogens (tertiary/aromatic N) is 1. The number of likely N-dealkylation sites (N-methyl/N-ethyl adjacent to an activating group) is 1. The molecule has 1 aromatic carbocycles. The maximum absolute atomic E-state index is 14.7. The van der Waals surface area contributed by atoms with Crippen molar-refractivity contribution in [3.8, 4) is 0 Å². The summed E-state index contributed by atoms with van der Waals surface area (Å²) in [7, 11) is 1.75. The summed E-state index contributed by atoms with van der Waals surface area (Å²) in [6.45, 7) is 0.575. The molecule has 1 aromatic rings. The summed E-state index contributed by atoms with van der Waals surface area (Å²) in [4.78, 5) is 12.5. The molecule has 0 spiro atoms. The molecule has 0 bridgehead atoms. The number of carbonyl (C=O) groups is 1. The lowest BCUT2D eigenvalue weighted by molar-refractivity contribution is -0.252. The van der Waals surface area contributed by atoms with Gasteiger partial charge >= 0.3 is 0 Å². The Morgan fingerprint density at radius 2 is 2.16 bits per heavy atom. The predicted molar refractivity (Wildman–Crippen MR) is 92.7 cm³/mol. The molecule has 0 saturated carbocycles. The Balaban J connectivity index is 2.57. The Kier molecular flexibility index (Phi) is 8.69. The molecule has 8 heteroatoms. The zero-order valence-corrected chi connectivity index (χ0v) is 14.5. The molecule has 0 aromatic heterocycles. The van der Waals surface area contributed by atoms with Crippen LogP contribution in [-0.4, -0.2) is 38.2 Å². The highest BCUT2D eigenvalue weighted by atomic mass is 19.1. The molecule has 1 rings (SSSR count). The lowest BCUT2D eigenvalue weighted by Gasteiger charge is -2.24. The zero-order chi connectivity index (χ0) is 18.8. The molecule has 0 saturated heterocycles. The number of anilines is 1. The van der Waals surface area contributed by atoms with E-state index in [2.05, 4.69) is 4.74 Å². The van der Waals surface area contributed by atoms with Crippen molar-refractivity contribution >= 4 is 17.7 Å². The van der Waals surface area contributed by atoms with Gasteiger partial charge in [-0.3, -0.25) is 10.2 Å². The molecule has 0 radical (unpaired) electrons. The van der Waals surface area contributed by atoms with Gasteiger partial charge in [-0.15, -0.1) is 0 Å². The van der Waals surface area contributed by atoms with Crippen molar-refractivity contribution in [3.63, 3.8) is 0 Å². The van der Waals surface area contributed by atoms with E-state index >= 15 is 0 Å². The van der Waals surface area contributed by atoms with Crippen LogP contribution in [0.2, 0.25) is 0 Å². The van der Waals surface area contributed by atoms with Crippen LogP contribution in [0, 0.1) is 11.2 Å². The third-order valence-electron chi connectivity index (χ3n) is 3.81. The molecular formula is C17H26FN4O3-. The first-order valence-corrected chi connectivity index (χ1v) is 8.22. The van der Waals surface area contributed by atoms with Gasteiger partial charge in [-0.1, -0.05) is 12.1 Å². The normalized spacial score (nSPS) is 11.8. The fraction of sp³-hybridized carbons (Fsp3) is 0.529. The Bertz CT molecular complexity index is 583. The fourth-order valence-electron chi connectivity index (χ4n) is 2.51. The van der Waals surface area contributed by atoms with Gasteiger partial charge in [0.15, 0.2) is 0 Å². The molecule has 7 nitrogen and oxygen atoms in total. The third-order valence-corrected chi connectivity index (χ3v) is 3.81. The summed E-state index contributed by atoms with van der Waals surface area (Å²) in [5, 5.41) is 17.0. The number of hydrogen-bond acceptors (Lipinski definition) is 6. The van der Waals surface area contributed by atoms with E-state index in [-0.39, 0.29) is 24.9 Å². The zero-order valence-electron chi connectivity index (χ0n) is 14.5. The van der Waals surface area contributed by atoms with Crippen molar-refractivity contribution < 1.29 is 19.0 Å². The van der Waals surface area contributed by atoms with Gasteiger partial charge in [0.25, 0.3) is 0 Å². The van der Waals surface area contributed by atoms with Gasteiger partial charge in [-0.25, -0.2) is 4.39 Å². The Morgan fingerprint density at radius 3 is 2.80 bits per heavy atom. The van der Waals surface area contributed by atoms with Crippen molar-refractivity contribution in [3.05, 3.63) is 29.6 Å². The van der Waals surface area contributed by atoms with E-state index in [0.717, 1.165) is 0 Å². The molecule has 1 amide bonds. The minimum absolute atomic E-state index is 0.165. The number of amides is 1. The van der Waals surface area contributed by atoms with Crippen molar-refractivity contribution in [2.75, 3.05) is 25.1 Å². The van der Waals surface area contributed by atoms with Crippen LogP contribution in [0.3, 0.4) is 0 Å². The summed E-state index contributed by atoms with van der Waals surface area (Å²) in [6.07, 6.45) is 1.34. The number of halogens is 1. The van der Waals surface area contributed by atoms with Crippen LogP contribution >= 0.6 is 0 Å². The first-order valence-electron chi connectivity index (χ1n) is 8.22. The topological polar surface area (TPSA) is 128 Å². The van der Waals surface area contributed by atoms with Gasteiger partial charge in [-0.2, -0.15) is 0 Å². The van der Waals surface area contributed by atoms with Crippen LogP contribution in [0.1, 0.15) is 31.2 Å². The highest BCUT2D eigenvalue weighted by Crippen LogP contribution is 2.23. The molecule has 0 aliphatic heterocycles. The number of unbranched alkanes of at least 4 members (excludes halogenated alkanes) is 1. The average Bonchev–Trinajstić information content (AvgIpc) is 2.53. The number of nitrogens with one attached hydrogen (secondary N) is 1. The molecule has 1 atom stereocenters. The molecule has 1 unspecified atom stereocenters. The SMILES string of the molecule is CN(CC(N)CCC(N)=O)c1cccc(CCCCOC(=N)[O-])c1F. The van der Waals surface area contributed by atoms with Crippen LogP contribution in [0.15, 0.2) is 18.2 Å². The standard InChI is InChI=1S/C17H27FN4O3/c1-22(11-13(19)8-9-15(20)23)14-7-4-6-12(16(14)18)5-2-3-10-25-17(21)24/h4,6-7,13H,2-3,5,8-11,19H2,1H3,(H2,20,23)(H2,21,24)/p-1. The quantitative estimate of drug-likeness (QED) is 0.303. The summed E-state index contributed by atoms with van der Waals surface area (Å²) in [5.41, 5.74) is 12.1. The highest BCUT2D eigenvalue weighted by molar-refractivity contribution is 5.73. The fourth-order valence-corrected chi connectivity index (χ4v) is 2.51. The number of aryl methyl sites for hydroxylation is 1. The smallest absolute Gasteiger partial charge is 0.217 e. The van der Waals surface area contributed by atoms with E-state index in [0.29, 0.717) is 43.5 Å². The predicted octanol–water partition coefficient (Wildman–Crippen LogP) is 0.489. The van der Waals surface area contributed by atoms with E-state index in [4.69, 9.17) is 16.9 Å². The second-order valence-corrected chi connectivity index (χ2v) is 5.99. The maximum Gasteiger partial charge on any atom is 0.217 e. The van der Waals surface area contributed by atoms with E-state index < -0.39 is 12.0 Å². The van der Waals surface area contributed by atoms with E-state index in [1.54, 1.807) is 30.1 Å². The molecule has 0 aliphatic carbocycles. The third kappa shape index (κ3) is 7.84.